The van der Waals surface area contributed by atoms with Crippen molar-refractivity contribution in [1.29, 1.82) is 0 Å². The van der Waals surface area contributed by atoms with Crippen LogP contribution in [0.15, 0.2) is 0 Å². The lowest BCUT2D eigenvalue weighted by molar-refractivity contribution is -0.127. The first-order valence-electron chi connectivity index (χ1n) is 6.63. The largest absolute Gasteiger partial charge is 0.391 e. The van der Waals surface area contributed by atoms with Gasteiger partial charge < -0.3 is 15.3 Å². The normalized spacial score (nSPS) is 23.7. The topological polar surface area (TPSA) is 52.6 Å². The Morgan fingerprint density at radius 2 is 2.24 bits per heavy atom. The van der Waals surface area contributed by atoms with Gasteiger partial charge in [0, 0.05) is 13.1 Å². The number of amides is 1. The van der Waals surface area contributed by atoms with Crippen molar-refractivity contribution < 1.29 is 9.90 Å². The summed E-state index contributed by atoms with van der Waals surface area (Å²) in [6, 6.07) is 0. The molecule has 0 saturated carbocycles. The van der Waals surface area contributed by atoms with Crippen molar-refractivity contribution in [3.05, 3.63) is 0 Å². The molecule has 2 unspecified atom stereocenters. The van der Waals surface area contributed by atoms with E-state index in [4.69, 9.17) is 0 Å². The molecule has 1 heterocycles. The summed E-state index contributed by atoms with van der Waals surface area (Å²) >= 11 is 0. The summed E-state index contributed by atoms with van der Waals surface area (Å²) in [5.74, 6) is 0.655. The highest BCUT2D eigenvalue weighted by Crippen LogP contribution is 2.15. The zero-order valence-corrected chi connectivity index (χ0v) is 11.3. The first kappa shape index (κ1) is 14.5. The summed E-state index contributed by atoms with van der Waals surface area (Å²) < 4.78 is 0. The summed E-state index contributed by atoms with van der Waals surface area (Å²) in [5.41, 5.74) is 0. The van der Waals surface area contributed by atoms with E-state index in [0.29, 0.717) is 12.5 Å². The van der Waals surface area contributed by atoms with E-state index in [0.717, 1.165) is 32.4 Å². The van der Waals surface area contributed by atoms with E-state index in [-0.39, 0.29) is 11.8 Å². The van der Waals surface area contributed by atoms with Crippen LogP contribution in [-0.2, 0) is 4.79 Å². The van der Waals surface area contributed by atoms with Gasteiger partial charge in [0.15, 0.2) is 0 Å². The third kappa shape index (κ3) is 5.50. The van der Waals surface area contributed by atoms with Gasteiger partial charge in [-0.25, -0.2) is 0 Å². The Morgan fingerprint density at radius 1 is 1.53 bits per heavy atom. The molecule has 1 aliphatic rings. The lowest BCUT2D eigenvalue weighted by atomic mass is 9.97. The molecule has 0 spiro atoms. The lowest BCUT2D eigenvalue weighted by Crippen LogP contribution is -2.43. The zero-order valence-electron chi connectivity index (χ0n) is 11.3. The molecule has 1 rings (SSSR count). The summed E-state index contributed by atoms with van der Waals surface area (Å²) in [6.07, 6.45) is 2.38. The minimum atomic E-state index is -0.416. The molecule has 0 aliphatic carbocycles. The van der Waals surface area contributed by atoms with Crippen LogP contribution in [0.3, 0.4) is 0 Å². The maximum absolute atomic E-state index is 11.9. The Morgan fingerprint density at radius 3 is 2.82 bits per heavy atom. The Bertz CT molecular complexity index is 244. The highest BCUT2D eigenvalue weighted by atomic mass is 16.3. The molecule has 1 fully saturated rings. The molecule has 1 amide bonds. The van der Waals surface area contributed by atoms with E-state index in [9.17, 15) is 9.90 Å². The number of rotatable bonds is 5. The van der Waals surface area contributed by atoms with Gasteiger partial charge in [-0.05, 0) is 38.8 Å². The molecule has 2 atom stereocenters. The van der Waals surface area contributed by atoms with Crippen molar-refractivity contribution in [2.45, 2.75) is 39.2 Å². The number of hydrogen-bond acceptors (Lipinski definition) is 3. The van der Waals surface area contributed by atoms with Crippen molar-refractivity contribution in [1.82, 2.24) is 10.2 Å². The van der Waals surface area contributed by atoms with Gasteiger partial charge in [-0.15, -0.1) is 0 Å². The SMILES string of the molecule is CC(C)CC(O)CNC(=O)C1CCCN(C)C1. The predicted octanol–water partition coefficient (Wildman–Crippen LogP) is 0.851. The van der Waals surface area contributed by atoms with E-state index in [1.54, 1.807) is 0 Å². The number of hydrogen-bond donors (Lipinski definition) is 2. The van der Waals surface area contributed by atoms with E-state index in [2.05, 4.69) is 24.1 Å². The van der Waals surface area contributed by atoms with Crippen LogP contribution >= 0.6 is 0 Å². The molecule has 0 bridgehead atoms. The Hall–Kier alpha value is -0.610. The molecule has 1 aliphatic heterocycles. The van der Waals surface area contributed by atoms with Gasteiger partial charge in [0.25, 0.3) is 0 Å². The van der Waals surface area contributed by atoms with Gasteiger partial charge in [-0.2, -0.15) is 0 Å². The fraction of sp³-hybridized carbons (Fsp3) is 0.923. The van der Waals surface area contributed by atoms with Crippen molar-refractivity contribution in [3.8, 4) is 0 Å². The van der Waals surface area contributed by atoms with Crippen molar-refractivity contribution in [2.24, 2.45) is 11.8 Å². The molecule has 17 heavy (non-hydrogen) atoms. The average molecular weight is 242 g/mol. The number of piperidine rings is 1. The Labute approximate surface area is 104 Å². The Kier molecular flexibility index (Phi) is 5.92. The fourth-order valence-electron chi connectivity index (χ4n) is 2.37. The minimum absolute atomic E-state index is 0.0966. The molecule has 100 valence electrons. The van der Waals surface area contributed by atoms with Gasteiger partial charge in [-0.3, -0.25) is 4.79 Å². The molecule has 4 nitrogen and oxygen atoms in total. The van der Waals surface area contributed by atoms with E-state index in [1.165, 1.54) is 0 Å². The van der Waals surface area contributed by atoms with E-state index < -0.39 is 6.10 Å². The number of carbonyl (C=O) groups excluding carboxylic acids is 1. The van der Waals surface area contributed by atoms with Crippen molar-refractivity contribution in [2.75, 3.05) is 26.7 Å². The molecule has 0 aromatic carbocycles. The molecule has 0 aromatic rings. The van der Waals surface area contributed by atoms with Crippen LogP contribution in [-0.4, -0.2) is 48.7 Å². The number of nitrogens with one attached hydrogen (secondary N) is 1. The van der Waals surface area contributed by atoms with Crippen LogP contribution in [0.2, 0.25) is 0 Å². The quantitative estimate of drug-likeness (QED) is 0.751. The first-order valence-corrected chi connectivity index (χ1v) is 6.63. The monoisotopic (exact) mass is 242 g/mol. The molecule has 0 radical (unpaired) electrons. The zero-order chi connectivity index (χ0) is 12.8. The van der Waals surface area contributed by atoms with Gasteiger partial charge in [0.05, 0.1) is 12.0 Å². The molecule has 2 N–H and O–H groups in total. The van der Waals surface area contributed by atoms with Crippen LogP contribution < -0.4 is 5.32 Å². The summed E-state index contributed by atoms with van der Waals surface area (Å²) in [6.45, 7) is 6.45. The highest BCUT2D eigenvalue weighted by molar-refractivity contribution is 5.78. The number of aliphatic hydroxyl groups is 1. The number of carbonyl (C=O) groups is 1. The van der Waals surface area contributed by atoms with E-state index >= 15 is 0 Å². The third-order valence-corrected chi connectivity index (χ3v) is 3.25. The fourth-order valence-corrected chi connectivity index (χ4v) is 2.37. The summed E-state index contributed by atoms with van der Waals surface area (Å²) in [5, 5.41) is 12.6. The second-order valence-corrected chi connectivity index (χ2v) is 5.63. The molecule has 1 saturated heterocycles. The predicted molar refractivity (Wildman–Crippen MR) is 68.7 cm³/mol. The van der Waals surface area contributed by atoms with E-state index in [1.807, 2.05) is 7.05 Å². The standard InChI is InChI=1S/C13H26N2O2/c1-10(2)7-12(16)8-14-13(17)11-5-4-6-15(3)9-11/h10-12,16H,4-9H2,1-3H3,(H,14,17). The second-order valence-electron chi connectivity index (χ2n) is 5.63. The average Bonchev–Trinajstić information content (AvgIpc) is 2.25. The van der Waals surface area contributed by atoms with Gasteiger partial charge in [-0.1, -0.05) is 13.8 Å². The lowest BCUT2D eigenvalue weighted by Gasteiger charge is -2.29. The van der Waals surface area contributed by atoms with Crippen LogP contribution in [0.5, 0.6) is 0 Å². The smallest absolute Gasteiger partial charge is 0.224 e. The second kappa shape index (κ2) is 6.97. The maximum atomic E-state index is 11.9. The summed E-state index contributed by atoms with van der Waals surface area (Å²) in [4.78, 5) is 14.1. The van der Waals surface area contributed by atoms with Crippen LogP contribution in [0.1, 0.15) is 33.1 Å². The number of nitrogens with zero attached hydrogens (tertiary/aromatic N) is 1. The summed E-state index contributed by atoms with van der Waals surface area (Å²) in [7, 11) is 2.05. The van der Waals surface area contributed by atoms with Gasteiger partial charge in [0.1, 0.15) is 0 Å². The molecule has 4 heteroatoms. The third-order valence-electron chi connectivity index (χ3n) is 3.25. The minimum Gasteiger partial charge on any atom is -0.391 e. The van der Waals surface area contributed by atoms with Crippen LogP contribution in [0.25, 0.3) is 0 Å². The van der Waals surface area contributed by atoms with Gasteiger partial charge in [0.2, 0.25) is 5.91 Å². The molecular formula is C13H26N2O2. The number of aliphatic hydroxyl groups excluding tert-OH is 1. The number of likely N-dealkylation sites (tertiary alicyclic amines) is 1. The molecule has 0 aromatic heterocycles. The highest BCUT2D eigenvalue weighted by Gasteiger charge is 2.24. The Balaban J connectivity index is 2.24. The van der Waals surface area contributed by atoms with Crippen LogP contribution in [0.4, 0.5) is 0 Å². The van der Waals surface area contributed by atoms with Gasteiger partial charge >= 0.3 is 0 Å². The first-order chi connectivity index (χ1) is 7.99. The van der Waals surface area contributed by atoms with Crippen molar-refractivity contribution >= 4 is 5.91 Å². The maximum Gasteiger partial charge on any atom is 0.224 e. The van der Waals surface area contributed by atoms with Crippen LogP contribution in [0, 0.1) is 11.8 Å². The molecular weight excluding hydrogens is 216 g/mol. The van der Waals surface area contributed by atoms with Crippen molar-refractivity contribution in [3.63, 3.8) is 0 Å².